The SMILES string of the molecule is COc1cccc2c1C1CC1(C(=O)N1C[C@@H](C)N(C)[C@@H](C)C1)Cn1c-2c(C2CCCCC2)c2ccc(C(N)=O)cc21. The van der Waals surface area contributed by atoms with E-state index in [-0.39, 0.29) is 11.8 Å². The molecule has 0 radical (unpaired) electrons. The number of likely N-dealkylation sites (N-methyl/N-ethyl adjacent to an activating group) is 1. The molecular formula is C34H42N4O3. The number of nitrogens with zero attached hydrogens (tertiary/aromatic N) is 3. The molecular weight excluding hydrogens is 512 g/mol. The number of carbonyl (C=O) groups is 2. The Morgan fingerprint density at radius 3 is 2.41 bits per heavy atom. The molecule has 1 saturated heterocycles. The molecule has 2 N–H and O–H groups in total. The van der Waals surface area contributed by atoms with Crippen LogP contribution in [-0.4, -0.2) is 65.5 Å². The average Bonchev–Trinajstić information content (AvgIpc) is 3.64. The summed E-state index contributed by atoms with van der Waals surface area (Å²) in [6.07, 6.45) is 6.86. The van der Waals surface area contributed by atoms with Crippen molar-refractivity contribution in [1.82, 2.24) is 14.4 Å². The molecule has 4 atom stereocenters. The van der Waals surface area contributed by atoms with Crippen LogP contribution in [0, 0.1) is 5.41 Å². The number of primary amides is 1. The Balaban J connectivity index is 1.46. The second-order valence-electron chi connectivity index (χ2n) is 13.2. The van der Waals surface area contributed by atoms with Gasteiger partial charge >= 0.3 is 0 Å². The van der Waals surface area contributed by atoms with Crippen LogP contribution in [0.4, 0.5) is 0 Å². The van der Waals surface area contributed by atoms with Gasteiger partial charge in [0, 0.05) is 65.2 Å². The minimum absolute atomic E-state index is 0.0971. The highest BCUT2D eigenvalue weighted by Crippen LogP contribution is 2.67. The van der Waals surface area contributed by atoms with Gasteiger partial charge in [0.15, 0.2) is 0 Å². The fraction of sp³-hybridized carbons (Fsp3) is 0.529. The molecule has 3 heterocycles. The van der Waals surface area contributed by atoms with E-state index in [9.17, 15) is 9.59 Å². The number of fused-ring (bicyclic) bond motifs is 7. The molecule has 7 rings (SSSR count). The van der Waals surface area contributed by atoms with Crippen molar-refractivity contribution >= 4 is 22.7 Å². The summed E-state index contributed by atoms with van der Waals surface area (Å²) in [5.74, 6) is 1.24. The van der Waals surface area contributed by atoms with Crippen LogP contribution in [0.25, 0.3) is 22.2 Å². The third-order valence-corrected chi connectivity index (χ3v) is 10.9. The fourth-order valence-electron chi connectivity index (χ4n) is 8.41. The van der Waals surface area contributed by atoms with Crippen LogP contribution in [0.3, 0.4) is 0 Å². The molecule has 41 heavy (non-hydrogen) atoms. The van der Waals surface area contributed by atoms with Crippen LogP contribution in [0.2, 0.25) is 0 Å². The fourth-order valence-corrected chi connectivity index (χ4v) is 8.41. The summed E-state index contributed by atoms with van der Waals surface area (Å²) in [5.41, 5.74) is 11.7. The minimum Gasteiger partial charge on any atom is -0.496 e. The van der Waals surface area contributed by atoms with Crippen LogP contribution in [0.1, 0.15) is 85.7 Å². The molecule has 3 fully saturated rings. The first kappa shape index (κ1) is 26.6. The Labute approximate surface area is 242 Å². The second kappa shape index (κ2) is 9.62. The topological polar surface area (TPSA) is 80.8 Å². The van der Waals surface area contributed by atoms with Gasteiger partial charge in [0.25, 0.3) is 0 Å². The van der Waals surface area contributed by atoms with E-state index in [1.807, 2.05) is 12.1 Å². The molecule has 2 aliphatic heterocycles. The zero-order valence-corrected chi connectivity index (χ0v) is 24.8. The van der Waals surface area contributed by atoms with E-state index in [0.717, 1.165) is 43.6 Å². The quantitative estimate of drug-likeness (QED) is 0.462. The smallest absolute Gasteiger partial charge is 0.248 e. The first-order valence-corrected chi connectivity index (χ1v) is 15.4. The summed E-state index contributed by atoms with van der Waals surface area (Å²) in [6, 6.07) is 12.9. The standard InChI is InChI=1S/C34H42N4O3/c1-20-17-37(18-21(2)36(20)3)33(40)34-16-26(34)30-25(11-8-12-28(30)41-4)31-29(22-9-6-5-7-10-22)24-14-13-23(32(35)39)15-27(24)38(31)19-34/h8,11-15,20-22,26H,5-7,9-10,16-19H2,1-4H3,(H2,35,39)/t20-,21+,26?,34?. The average molecular weight is 555 g/mol. The Morgan fingerprint density at radius 1 is 1.00 bits per heavy atom. The lowest BCUT2D eigenvalue weighted by atomic mass is 9.81. The van der Waals surface area contributed by atoms with E-state index in [1.165, 1.54) is 47.0 Å². The van der Waals surface area contributed by atoms with Crippen molar-refractivity contribution in [3.05, 3.63) is 53.1 Å². The number of carbonyl (C=O) groups excluding carboxylic acids is 2. The van der Waals surface area contributed by atoms with Gasteiger partial charge in [0.05, 0.1) is 18.2 Å². The predicted molar refractivity (Wildman–Crippen MR) is 161 cm³/mol. The monoisotopic (exact) mass is 554 g/mol. The highest BCUT2D eigenvalue weighted by Gasteiger charge is 2.64. The molecule has 4 aliphatic rings. The zero-order chi connectivity index (χ0) is 28.6. The normalized spacial score (nSPS) is 28.0. The number of hydrogen-bond acceptors (Lipinski definition) is 4. The number of ether oxygens (including phenoxy) is 1. The largest absolute Gasteiger partial charge is 0.496 e. The number of methoxy groups -OCH3 is 1. The van der Waals surface area contributed by atoms with Gasteiger partial charge < -0.3 is 19.9 Å². The first-order chi connectivity index (χ1) is 19.7. The summed E-state index contributed by atoms with van der Waals surface area (Å²) >= 11 is 0. The number of nitrogens with two attached hydrogens (primary N) is 1. The third-order valence-electron chi connectivity index (χ3n) is 10.9. The van der Waals surface area contributed by atoms with Gasteiger partial charge in [-0.15, -0.1) is 0 Å². The van der Waals surface area contributed by atoms with Crippen molar-refractivity contribution in [3.63, 3.8) is 0 Å². The summed E-state index contributed by atoms with van der Waals surface area (Å²) in [6.45, 7) is 6.51. The van der Waals surface area contributed by atoms with Gasteiger partial charge in [0.2, 0.25) is 11.8 Å². The molecule has 7 heteroatoms. The maximum Gasteiger partial charge on any atom is 0.248 e. The molecule has 1 aromatic heterocycles. The lowest BCUT2D eigenvalue weighted by molar-refractivity contribution is -0.141. The van der Waals surface area contributed by atoms with E-state index in [1.54, 1.807) is 7.11 Å². The molecule has 7 nitrogen and oxygen atoms in total. The van der Waals surface area contributed by atoms with Crippen molar-refractivity contribution < 1.29 is 14.3 Å². The van der Waals surface area contributed by atoms with Gasteiger partial charge in [0.1, 0.15) is 5.75 Å². The zero-order valence-electron chi connectivity index (χ0n) is 24.8. The molecule has 2 aromatic carbocycles. The number of rotatable bonds is 4. The summed E-state index contributed by atoms with van der Waals surface area (Å²) in [4.78, 5) is 31.5. The molecule has 0 bridgehead atoms. The van der Waals surface area contributed by atoms with Crippen LogP contribution in [-0.2, 0) is 11.3 Å². The summed E-state index contributed by atoms with van der Waals surface area (Å²) in [5, 5.41) is 1.19. The van der Waals surface area contributed by atoms with Crippen LogP contribution >= 0.6 is 0 Å². The number of amides is 2. The van der Waals surface area contributed by atoms with Gasteiger partial charge in [-0.3, -0.25) is 14.5 Å². The van der Waals surface area contributed by atoms with Crippen molar-refractivity contribution in [2.24, 2.45) is 11.1 Å². The Hall–Kier alpha value is -3.32. The van der Waals surface area contributed by atoms with E-state index >= 15 is 0 Å². The molecule has 3 aromatic rings. The van der Waals surface area contributed by atoms with Crippen molar-refractivity contribution in [3.8, 4) is 17.0 Å². The van der Waals surface area contributed by atoms with Gasteiger partial charge in [-0.05, 0) is 69.8 Å². The van der Waals surface area contributed by atoms with Gasteiger partial charge in [-0.2, -0.15) is 0 Å². The lowest BCUT2D eigenvalue weighted by Gasteiger charge is -2.43. The second-order valence-corrected chi connectivity index (χ2v) is 13.2. The van der Waals surface area contributed by atoms with E-state index in [2.05, 4.69) is 59.5 Å². The van der Waals surface area contributed by atoms with Gasteiger partial charge in [-0.1, -0.05) is 37.5 Å². The Kier molecular flexibility index (Phi) is 6.23. The van der Waals surface area contributed by atoms with E-state index in [4.69, 9.17) is 10.5 Å². The van der Waals surface area contributed by atoms with Crippen LogP contribution < -0.4 is 10.5 Å². The summed E-state index contributed by atoms with van der Waals surface area (Å²) < 4.78 is 8.39. The van der Waals surface area contributed by atoms with Crippen molar-refractivity contribution in [1.29, 1.82) is 0 Å². The third kappa shape index (κ3) is 3.95. The number of aromatic nitrogens is 1. The molecule has 2 aliphatic carbocycles. The Bertz CT molecular complexity index is 1540. The summed E-state index contributed by atoms with van der Waals surface area (Å²) in [7, 11) is 3.90. The van der Waals surface area contributed by atoms with E-state index < -0.39 is 11.3 Å². The molecule has 2 amide bonds. The lowest BCUT2D eigenvalue weighted by Crippen LogP contribution is -2.58. The number of piperazine rings is 1. The highest BCUT2D eigenvalue weighted by molar-refractivity contribution is 6.01. The van der Waals surface area contributed by atoms with E-state index in [0.29, 0.717) is 30.1 Å². The molecule has 216 valence electrons. The van der Waals surface area contributed by atoms with Crippen LogP contribution in [0.15, 0.2) is 36.4 Å². The maximum atomic E-state index is 14.7. The van der Waals surface area contributed by atoms with Crippen molar-refractivity contribution in [2.75, 3.05) is 27.2 Å². The van der Waals surface area contributed by atoms with Gasteiger partial charge in [-0.25, -0.2) is 0 Å². The maximum absolute atomic E-state index is 14.7. The highest BCUT2D eigenvalue weighted by atomic mass is 16.5. The number of hydrogen-bond donors (Lipinski definition) is 1. The number of benzene rings is 2. The molecule has 2 saturated carbocycles. The first-order valence-electron chi connectivity index (χ1n) is 15.4. The van der Waals surface area contributed by atoms with Crippen LogP contribution in [0.5, 0.6) is 5.75 Å². The molecule has 0 spiro atoms. The Morgan fingerprint density at radius 2 is 1.73 bits per heavy atom. The van der Waals surface area contributed by atoms with Crippen molar-refractivity contribution in [2.45, 2.75) is 82.8 Å². The predicted octanol–water partition coefficient (Wildman–Crippen LogP) is 5.50. The minimum atomic E-state index is -0.539. The molecule has 2 unspecified atom stereocenters.